The van der Waals surface area contributed by atoms with Crippen molar-refractivity contribution in [1.82, 2.24) is 0 Å². The number of amides is 1. The van der Waals surface area contributed by atoms with Crippen LogP contribution in [0.3, 0.4) is 0 Å². The van der Waals surface area contributed by atoms with E-state index in [2.05, 4.69) is 41.4 Å². The standard InChI is InChI=1S/C20H23Cl2N3O/c1-14-5-3-4-6-17(14)25-11-9-24(10-12-25)13-18(26)23-20-16(21)8-7-15(2)19(20)22/h3-8H,9-13H2,1-2H3,(H,23,26)/p+1. The molecule has 138 valence electrons. The normalized spacial score (nSPS) is 15.2. The van der Waals surface area contributed by atoms with Crippen molar-refractivity contribution in [1.29, 1.82) is 0 Å². The third kappa shape index (κ3) is 4.32. The number of piperazine rings is 1. The minimum atomic E-state index is -0.0567. The Morgan fingerprint density at radius 1 is 1.08 bits per heavy atom. The molecule has 26 heavy (non-hydrogen) atoms. The number of anilines is 2. The van der Waals surface area contributed by atoms with Crippen LogP contribution in [0.1, 0.15) is 11.1 Å². The molecule has 2 aromatic rings. The topological polar surface area (TPSA) is 36.8 Å². The van der Waals surface area contributed by atoms with Crippen LogP contribution in [0, 0.1) is 13.8 Å². The minimum absolute atomic E-state index is 0.0567. The molecule has 0 atom stereocenters. The molecule has 1 fully saturated rings. The van der Waals surface area contributed by atoms with Crippen LogP contribution in [0.5, 0.6) is 0 Å². The van der Waals surface area contributed by atoms with Crippen molar-refractivity contribution in [2.45, 2.75) is 13.8 Å². The van der Waals surface area contributed by atoms with Gasteiger partial charge in [-0.05, 0) is 37.1 Å². The molecule has 1 aliphatic heterocycles. The smallest absolute Gasteiger partial charge is 0.279 e. The molecule has 1 heterocycles. The number of aryl methyl sites for hydroxylation is 2. The lowest BCUT2D eigenvalue weighted by molar-refractivity contribution is -0.892. The van der Waals surface area contributed by atoms with Gasteiger partial charge in [0.1, 0.15) is 0 Å². The Bertz CT molecular complexity index is 802. The van der Waals surface area contributed by atoms with Crippen LogP contribution in [-0.4, -0.2) is 38.6 Å². The number of rotatable bonds is 4. The Kier molecular flexibility index (Phi) is 6.07. The third-order valence-electron chi connectivity index (χ3n) is 4.89. The predicted octanol–water partition coefficient (Wildman–Crippen LogP) is 2.95. The van der Waals surface area contributed by atoms with Crippen LogP contribution in [0.2, 0.25) is 10.0 Å². The van der Waals surface area contributed by atoms with Crippen LogP contribution >= 0.6 is 23.2 Å². The molecule has 6 heteroatoms. The first kappa shape index (κ1) is 19.0. The van der Waals surface area contributed by atoms with Crippen molar-refractivity contribution in [2.75, 3.05) is 42.9 Å². The van der Waals surface area contributed by atoms with Gasteiger partial charge in [0.2, 0.25) is 0 Å². The van der Waals surface area contributed by atoms with Gasteiger partial charge >= 0.3 is 0 Å². The van der Waals surface area contributed by atoms with Crippen molar-refractivity contribution in [2.24, 2.45) is 0 Å². The van der Waals surface area contributed by atoms with Gasteiger partial charge in [-0.25, -0.2) is 0 Å². The van der Waals surface area contributed by atoms with Crippen LogP contribution in [0.25, 0.3) is 0 Å². The molecule has 4 nitrogen and oxygen atoms in total. The molecule has 1 aliphatic rings. The molecule has 2 N–H and O–H groups in total. The molecule has 0 unspecified atom stereocenters. The second-order valence-electron chi connectivity index (χ2n) is 6.80. The lowest BCUT2D eigenvalue weighted by atomic mass is 10.1. The van der Waals surface area contributed by atoms with Crippen LogP contribution < -0.4 is 15.1 Å². The summed E-state index contributed by atoms with van der Waals surface area (Å²) >= 11 is 12.5. The molecule has 1 saturated heterocycles. The van der Waals surface area contributed by atoms with Gasteiger partial charge in [-0.2, -0.15) is 0 Å². The second kappa shape index (κ2) is 8.30. The number of quaternary nitrogens is 1. The number of carbonyl (C=O) groups excluding carboxylic acids is 1. The van der Waals surface area contributed by atoms with Crippen molar-refractivity contribution in [3.8, 4) is 0 Å². The fraction of sp³-hybridized carbons (Fsp3) is 0.350. The lowest BCUT2D eigenvalue weighted by Crippen LogP contribution is -3.15. The number of hydrogen-bond acceptors (Lipinski definition) is 2. The zero-order valence-electron chi connectivity index (χ0n) is 15.1. The van der Waals surface area contributed by atoms with E-state index in [0.29, 0.717) is 22.3 Å². The number of hydrogen-bond donors (Lipinski definition) is 2. The van der Waals surface area contributed by atoms with Crippen molar-refractivity contribution >= 4 is 40.5 Å². The summed E-state index contributed by atoms with van der Waals surface area (Å²) < 4.78 is 0. The monoisotopic (exact) mass is 392 g/mol. The molecule has 0 radical (unpaired) electrons. The quantitative estimate of drug-likeness (QED) is 0.838. The van der Waals surface area contributed by atoms with E-state index >= 15 is 0 Å². The number of nitrogens with zero attached hydrogens (tertiary/aromatic N) is 1. The summed E-state index contributed by atoms with van der Waals surface area (Å²) in [4.78, 5) is 16.1. The Labute approximate surface area is 164 Å². The summed E-state index contributed by atoms with van der Waals surface area (Å²) in [5, 5.41) is 3.85. The number of nitrogens with one attached hydrogen (secondary N) is 2. The highest BCUT2D eigenvalue weighted by Gasteiger charge is 2.23. The second-order valence-corrected chi connectivity index (χ2v) is 7.59. The van der Waals surface area contributed by atoms with E-state index in [4.69, 9.17) is 23.2 Å². The zero-order valence-corrected chi connectivity index (χ0v) is 16.6. The van der Waals surface area contributed by atoms with Gasteiger partial charge in [0.15, 0.2) is 6.54 Å². The van der Waals surface area contributed by atoms with Crippen molar-refractivity contribution in [3.63, 3.8) is 0 Å². The fourth-order valence-electron chi connectivity index (χ4n) is 3.34. The average molecular weight is 393 g/mol. The molecular weight excluding hydrogens is 369 g/mol. The first-order valence-corrected chi connectivity index (χ1v) is 9.60. The summed E-state index contributed by atoms with van der Waals surface area (Å²) in [6, 6.07) is 12.0. The predicted molar refractivity (Wildman–Crippen MR) is 109 cm³/mol. The largest absolute Gasteiger partial charge is 0.360 e. The van der Waals surface area contributed by atoms with E-state index in [1.54, 1.807) is 6.07 Å². The molecular formula is C20H24Cl2N3O+. The van der Waals surface area contributed by atoms with Gasteiger partial charge in [0.05, 0.1) is 41.9 Å². The molecule has 2 aromatic carbocycles. The summed E-state index contributed by atoms with van der Waals surface area (Å²) in [5.74, 6) is -0.0567. The third-order valence-corrected chi connectivity index (χ3v) is 5.69. The lowest BCUT2D eigenvalue weighted by Gasteiger charge is -2.34. The highest BCUT2D eigenvalue weighted by Crippen LogP contribution is 2.32. The van der Waals surface area contributed by atoms with E-state index in [1.165, 1.54) is 16.2 Å². The molecule has 0 spiro atoms. The summed E-state index contributed by atoms with van der Waals surface area (Å²) in [5.41, 5.74) is 3.98. The molecule has 3 rings (SSSR count). The molecule has 1 amide bonds. The maximum atomic E-state index is 12.4. The number of carbonyl (C=O) groups is 1. The highest BCUT2D eigenvalue weighted by molar-refractivity contribution is 6.40. The van der Waals surface area contributed by atoms with Gasteiger partial charge < -0.3 is 15.1 Å². The summed E-state index contributed by atoms with van der Waals surface area (Å²) in [7, 11) is 0. The van der Waals surface area contributed by atoms with Crippen molar-refractivity contribution < 1.29 is 9.69 Å². The fourth-order valence-corrected chi connectivity index (χ4v) is 3.81. The van der Waals surface area contributed by atoms with Gasteiger partial charge in [0, 0.05) is 5.69 Å². The first-order valence-electron chi connectivity index (χ1n) is 8.84. The highest BCUT2D eigenvalue weighted by atomic mass is 35.5. The van der Waals surface area contributed by atoms with Crippen molar-refractivity contribution in [3.05, 3.63) is 57.6 Å². The molecule has 0 saturated carbocycles. The van der Waals surface area contributed by atoms with Gasteiger partial charge in [-0.1, -0.05) is 47.5 Å². The van der Waals surface area contributed by atoms with E-state index in [-0.39, 0.29) is 5.91 Å². The summed E-state index contributed by atoms with van der Waals surface area (Å²) in [6.07, 6.45) is 0. The molecule has 0 bridgehead atoms. The number of para-hydroxylation sites is 1. The maximum Gasteiger partial charge on any atom is 0.279 e. The van der Waals surface area contributed by atoms with E-state index < -0.39 is 0 Å². The Hall–Kier alpha value is -1.75. The first-order chi connectivity index (χ1) is 12.5. The Morgan fingerprint density at radius 2 is 1.77 bits per heavy atom. The van der Waals surface area contributed by atoms with Crippen LogP contribution in [0.4, 0.5) is 11.4 Å². The van der Waals surface area contributed by atoms with Gasteiger partial charge in [0.25, 0.3) is 5.91 Å². The Morgan fingerprint density at radius 3 is 2.46 bits per heavy atom. The van der Waals surface area contributed by atoms with Crippen LogP contribution in [-0.2, 0) is 4.79 Å². The zero-order chi connectivity index (χ0) is 18.7. The average Bonchev–Trinajstić information content (AvgIpc) is 2.63. The molecule has 0 aromatic heterocycles. The van der Waals surface area contributed by atoms with Gasteiger partial charge in [-0.3, -0.25) is 4.79 Å². The van der Waals surface area contributed by atoms with E-state index in [1.807, 2.05) is 13.0 Å². The number of benzene rings is 2. The minimum Gasteiger partial charge on any atom is -0.360 e. The Balaban J connectivity index is 1.56. The van der Waals surface area contributed by atoms with Gasteiger partial charge in [-0.15, -0.1) is 0 Å². The van der Waals surface area contributed by atoms with Crippen LogP contribution in [0.15, 0.2) is 36.4 Å². The SMILES string of the molecule is Cc1ccccc1N1CC[NH+](CC(=O)Nc2c(Cl)ccc(C)c2Cl)CC1. The number of halogens is 2. The van der Waals surface area contributed by atoms with E-state index in [0.717, 1.165) is 31.7 Å². The van der Waals surface area contributed by atoms with E-state index in [9.17, 15) is 4.79 Å². The molecule has 0 aliphatic carbocycles. The summed E-state index contributed by atoms with van der Waals surface area (Å²) in [6.45, 7) is 8.19. The maximum absolute atomic E-state index is 12.4.